The summed E-state index contributed by atoms with van der Waals surface area (Å²) in [6.45, 7) is 2.00. The molecule has 0 fully saturated rings. The second-order valence-electron chi connectivity index (χ2n) is 4.43. The van der Waals surface area contributed by atoms with Crippen LogP contribution in [0.2, 0.25) is 10.0 Å². The van der Waals surface area contributed by atoms with Crippen molar-refractivity contribution >= 4 is 50.6 Å². The SMILES string of the molecule is Cc1cc(N/C=C\C(=O)c2ccc(Cl)c(Cl)c2)ccc1Br. The number of hydrogen-bond acceptors (Lipinski definition) is 2. The lowest BCUT2D eigenvalue weighted by Gasteiger charge is -2.04. The van der Waals surface area contributed by atoms with Gasteiger partial charge in [-0.25, -0.2) is 0 Å². The van der Waals surface area contributed by atoms with Gasteiger partial charge in [0.2, 0.25) is 0 Å². The van der Waals surface area contributed by atoms with Gasteiger partial charge in [-0.05, 0) is 48.9 Å². The van der Waals surface area contributed by atoms with Crippen molar-refractivity contribution in [2.45, 2.75) is 6.92 Å². The molecule has 0 atom stereocenters. The third kappa shape index (κ3) is 4.34. The van der Waals surface area contributed by atoms with Gasteiger partial charge in [0.25, 0.3) is 0 Å². The van der Waals surface area contributed by atoms with Crippen LogP contribution in [0.1, 0.15) is 15.9 Å². The highest BCUT2D eigenvalue weighted by Crippen LogP contribution is 2.23. The van der Waals surface area contributed by atoms with Gasteiger partial charge in [-0.2, -0.15) is 0 Å². The smallest absolute Gasteiger partial charge is 0.187 e. The quantitative estimate of drug-likeness (QED) is 0.527. The molecular weight excluding hydrogens is 373 g/mol. The van der Waals surface area contributed by atoms with Gasteiger partial charge in [-0.1, -0.05) is 39.1 Å². The second kappa shape index (κ2) is 7.12. The third-order valence-electron chi connectivity index (χ3n) is 2.85. The standard InChI is InChI=1S/C16H12BrCl2NO/c1-10-8-12(3-4-13(10)17)20-7-6-16(21)11-2-5-14(18)15(19)9-11/h2-9,20H,1H3/b7-6-. The fourth-order valence-electron chi connectivity index (χ4n) is 1.69. The van der Waals surface area contributed by atoms with Crippen molar-refractivity contribution in [1.29, 1.82) is 0 Å². The monoisotopic (exact) mass is 383 g/mol. The first-order valence-corrected chi connectivity index (χ1v) is 7.71. The minimum Gasteiger partial charge on any atom is -0.362 e. The Morgan fingerprint density at radius 3 is 2.57 bits per heavy atom. The van der Waals surface area contributed by atoms with Gasteiger partial charge in [0, 0.05) is 28.0 Å². The summed E-state index contributed by atoms with van der Waals surface area (Å²) < 4.78 is 1.05. The first kappa shape index (κ1) is 16.1. The summed E-state index contributed by atoms with van der Waals surface area (Å²) in [7, 11) is 0. The molecule has 0 unspecified atom stereocenters. The Labute approximate surface area is 141 Å². The molecule has 0 saturated carbocycles. The topological polar surface area (TPSA) is 29.1 Å². The summed E-state index contributed by atoms with van der Waals surface area (Å²) in [4.78, 5) is 12.0. The van der Waals surface area contributed by atoms with Crippen molar-refractivity contribution < 1.29 is 4.79 Å². The van der Waals surface area contributed by atoms with Crippen LogP contribution in [0.3, 0.4) is 0 Å². The highest BCUT2D eigenvalue weighted by molar-refractivity contribution is 9.10. The number of carbonyl (C=O) groups is 1. The van der Waals surface area contributed by atoms with Crippen molar-refractivity contribution in [2.24, 2.45) is 0 Å². The Hall–Kier alpha value is -1.29. The van der Waals surface area contributed by atoms with Crippen molar-refractivity contribution in [1.82, 2.24) is 0 Å². The molecule has 2 aromatic rings. The summed E-state index contributed by atoms with van der Waals surface area (Å²) in [5.41, 5.74) is 2.52. The molecule has 0 saturated heterocycles. The van der Waals surface area contributed by atoms with E-state index in [-0.39, 0.29) is 5.78 Å². The molecule has 108 valence electrons. The summed E-state index contributed by atoms with van der Waals surface area (Å²) >= 11 is 15.2. The molecule has 0 radical (unpaired) electrons. The van der Waals surface area contributed by atoms with E-state index >= 15 is 0 Å². The number of aryl methyl sites for hydroxylation is 1. The zero-order chi connectivity index (χ0) is 15.4. The van der Waals surface area contributed by atoms with Gasteiger partial charge in [0.1, 0.15) is 0 Å². The van der Waals surface area contributed by atoms with Gasteiger partial charge in [-0.3, -0.25) is 4.79 Å². The molecule has 5 heteroatoms. The molecule has 0 aromatic heterocycles. The van der Waals surface area contributed by atoms with Crippen LogP contribution in [0.25, 0.3) is 0 Å². The zero-order valence-corrected chi connectivity index (χ0v) is 14.3. The zero-order valence-electron chi connectivity index (χ0n) is 11.2. The van der Waals surface area contributed by atoms with Crippen molar-refractivity contribution in [3.63, 3.8) is 0 Å². The van der Waals surface area contributed by atoms with Gasteiger partial charge in [0.15, 0.2) is 5.78 Å². The number of ketones is 1. The van der Waals surface area contributed by atoms with Crippen LogP contribution in [0, 0.1) is 6.92 Å². The second-order valence-corrected chi connectivity index (χ2v) is 6.10. The molecule has 0 aliphatic heterocycles. The Bertz CT molecular complexity index is 713. The summed E-state index contributed by atoms with van der Waals surface area (Å²) in [5.74, 6) is -0.144. The van der Waals surface area contributed by atoms with Gasteiger partial charge in [0.05, 0.1) is 10.0 Å². The Balaban J connectivity index is 2.04. The van der Waals surface area contributed by atoms with Crippen LogP contribution in [0.15, 0.2) is 53.1 Å². The Morgan fingerprint density at radius 2 is 1.90 bits per heavy atom. The molecule has 2 aromatic carbocycles. The summed E-state index contributed by atoms with van der Waals surface area (Å²) in [5, 5.41) is 3.86. The number of halogens is 3. The highest BCUT2D eigenvalue weighted by atomic mass is 79.9. The third-order valence-corrected chi connectivity index (χ3v) is 4.48. The number of rotatable bonds is 4. The molecule has 0 amide bonds. The number of anilines is 1. The fourth-order valence-corrected chi connectivity index (χ4v) is 2.24. The maximum atomic E-state index is 12.0. The molecule has 1 N–H and O–H groups in total. The van der Waals surface area contributed by atoms with Crippen molar-refractivity contribution in [3.05, 3.63) is 74.3 Å². The van der Waals surface area contributed by atoms with E-state index in [0.29, 0.717) is 15.6 Å². The van der Waals surface area contributed by atoms with Crippen molar-refractivity contribution in [3.8, 4) is 0 Å². The van der Waals surface area contributed by atoms with E-state index in [1.54, 1.807) is 24.4 Å². The van der Waals surface area contributed by atoms with E-state index in [4.69, 9.17) is 23.2 Å². The number of hydrogen-bond donors (Lipinski definition) is 1. The molecule has 0 bridgehead atoms. The minimum absolute atomic E-state index is 0.144. The molecule has 2 nitrogen and oxygen atoms in total. The van der Waals surface area contributed by atoms with Crippen LogP contribution >= 0.6 is 39.1 Å². The van der Waals surface area contributed by atoms with Gasteiger partial charge in [-0.15, -0.1) is 0 Å². The molecular formula is C16H12BrCl2NO. The van der Waals surface area contributed by atoms with Gasteiger partial charge >= 0.3 is 0 Å². The lowest BCUT2D eigenvalue weighted by Crippen LogP contribution is -1.96. The number of nitrogens with one attached hydrogen (secondary N) is 1. The molecule has 0 aliphatic rings. The average molecular weight is 385 g/mol. The molecule has 2 rings (SSSR count). The molecule has 21 heavy (non-hydrogen) atoms. The van der Waals surface area contributed by atoms with E-state index in [9.17, 15) is 4.79 Å². The van der Waals surface area contributed by atoms with Crippen LogP contribution in [-0.4, -0.2) is 5.78 Å². The lowest BCUT2D eigenvalue weighted by atomic mass is 10.1. The molecule has 0 spiro atoms. The predicted octanol–water partition coefficient (Wildman–Crippen LogP) is 5.87. The number of allylic oxidation sites excluding steroid dienone is 1. The first-order chi connectivity index (χ1) is 9.97. The Kier molecular flexibility index (Phi) is 5.45. The van der Waals surface area contributed by atoms with Crippen LogP contribution in [-0.2, 0) is 0 Å². The van der Waals surface area contributed by atoms with Crippen LogP contribution in [0.5, 0.6) is 0 Å². The molecule has 0 aliphatic carbocycles. The first-order valence-electron chi connectivity index (χ1n) is 6.16. The van der Waals surface area contributed by atoms with Gasteiger partial charge < -0.3 is 5.32 Å². The van der Waals surface area contributed by atoms with Crippen LogP contribution in [0.4, 0.5) is 5.69 Å². The van der Waals surface area contributed by atoms with E-state index in [1.165, 1.54) is 6.08 Å². The van der Waals surface area contributed by atoms with E-state index < -0.39 is 0 Å². The number of benzene rings is 2. The number of carbonyl (C=O) groups excluding carboxylic acids is 1. The summed E-state index contributed by atoms with van der Waals surface area (Å²) in [6.07, 6.45) is 3.06. The predicted molar refractivity (Wildman–Crippen MR) is 92.4 cm³/mol. The largest absolute Gasteiger partial charge is 0.362 e. The van der Waals surface area contributed by atoms with E-state index in [2.05, 4.69) is 21.2 Å². The Morgan fingerprint density at radius 1 is 1.14 bits per heavy atom. The van der Waals surface area contributed by atoms with Crippen molar-refractivity contribution in [2.75, 3.05) is 5.32 Å². The van der Waals surface area contributed by atoms with Crippen LogP contribution < -0.4 is 5.32 Å². The van der Waals surface area contributed by atoms with E-state index in [0.717, 1.165) is 15.7 Å². The maximum Gasteiger partial charge on any atom is 0.187 e. The lowest BCUT2D eigenvalue weighted by molar-refractivity contribution is 0.104. The normalized spacial score (nSPS) is 10.9. The molecule has 0 heterocycles. The highest BCUT2D eigenvalue weighted by Gasteiger charge is 2.05. The average Bonchev–Trinajstić information content (AvgIpc) is 2.45. The van der Waals surface area contributed by atoms with E-state index in [1.807, 2.05) is 25.1 Å². The maximum absolute atomic E-state index is 12.0. The minimum atomic E-state index is -0.144. The fraction of sp³-hybridized carbons (Fsp3) is 0.0625. The summed E-state index contributed by atoms with van der Waals surface area (Å²) in [6, 6.07) is 10.7.